The average molecular weight is 276 g/mol. The van der Waals surface area contributed by atoms with E-state index in [0.29, 0.717) is 16.1 Å². The maximum absolute atomic E-state index is 9.96. The fourth-order valence-corrected chi connectivity index (χ4v) is 5.27. The Hall–Kier alpha value is 0.360. The minimum absolute atomic E-state index is 0.118. The highest BCUT2D eigenvalue weighted by Crippen LogP contribution is 2.38. The Bertz CT molecular complexity index is 240. The summed E-state index contributed by atoms with van der Waals surface area (Å²) < 4.78 is 0.667. The van der Waals surface area contributed by atoms with E-state index in [2.05, 4.69) is 13.5 Å². The van der Waals surface area contributed by atoms with E-state index in [4.69, 9.17) is 5.11 Å². The van der Waals surface area contributed by atoms with E-state index in [1.807, 2.05) is 30.4 Å². The third-order valence-corrected chi connectivity index (χ3v) is 6.67. The first-order valence-corrected chi connectivity index (χ1v) is 8.35. The standard InChI is InChI=1S/C13H24O2S2/c1-9(12(15)11(3)8-14)7-10(2)13-16-5-4-6-17-13/h9-10,12-15H,3-8H2,1-2H3/t9?,10-,12+/m1/s1. The van der Waals surface area contributed by atoms with Crippen molar-refractivity contribution < 1.29 is 10.2 Å². The van der Waals surface area contributed by atoms with Crippen molar-refractivity contribution in [2.75, 3.05) is 18.1 Å². The molecule has 2 nitrogen and oxygen atoms in total. The molecule has 4 heteroatoms. The van der Waals surface area contributed by atoms with Gasteiger partial charge in [0.2, 0.25) is 0 Å². The van der Waals surface area contributed by atoms with Crippen molar-refractivity contribution in [1.29, 1.82) is 0 Å². The number of aliphatic hydroxyl groups is 2. The minimum Gasteiger partial charge on any atom is -0.392 e. The van der Waals surface area contributed by atoms with Crippen molar-refractivity contribution in [2.24, 2.45) is 11.8 Å². The quantitative estimate of drug-likeness (QED) is 0.732. The molecule has 0 saturated carbocycles. The van der Waals surface area contributed by atoms with E-state index < -0.39 is 6.10 Å². The topological polar surface area (TPSA) is 40.5 Å². The highest BCUT2D eigenvalue weighted by molar-refractivity contribution is 8.17. The summed E-state index contributed by atoms with van der Waals surface area (Å²) in [7, 11) is 0. The summed E-state index contributed by atoms with van der Waals surface area (Å²) in [5.74, 6) is 3.30. The van der Waals surface area contributed by atoms with Gasteiger partial charge < -0.3 is 10.2 Å². The zero-order valence-electron chi connectivity index (χ0n) is 10.8. The third-order valence-electron chi connectivity index (χ3n) is 3.22. The van der Waals surface area contributed by atoms with Gasteiger partial charge in [-0.25, -0.2) is 0 Å². The molecule has 0 aromatic carbocycles. The molecule has 1 aliphatic heterocycles. The van der Waals surface area contributed by atoms with Crippen molar-refractivity contribution >= 4 is 23.5 Å². The van der Waals surface area contributed by atoms with Gasteiger partial charge in [-0.1, -0.05) is 20.4 Å². The van der Waals surface area contributed by atoms with Crippen LogP contribution in [0.25, 0.3) is 0 Å². The van der Waals surface area contributed by atoms with Gasteiger partial charge in [0, 0.05) is 0 Å². The lowest BCUT2D eigenvalue weighted by Crippen LogP contribution is -2.26. The molecule has 0 spiro atoms. The highest BCUT2D eigenvalue weighted by Gasteiger charge is 2.26. The number of thioether (sulfide) groups is 2. The molecule has 1 unspecified atom stereocenters. The maximum Gasteiger partial charge on any atom is 0.0795 e. The van der Waals surface area contributed by atoms with E-state index >= 15 is 0 Å². The number of aliphatic hydroxyl groups excluding tert-OH is 2. The Labute approximate surface area is 113 Å². The van der Waals surface area contributed by atoms with Gasteiger partial charge in [0.25, 0.3) is 0 Å². The van der Waals surface area contributed by atoms with Crippen LogP contribution in [0, 0.1) is 11.8 Å². The van der Waals surface area contributed by atoms with E-state index in [1.165, 1.54) is 17.9 Å². The summed E-state index contributed by atoms with van der Waals surface area (Å²) in [6.45, 7) is 7.89. The van der Waals surface area contributed by atoms with Crippen LogP contribution in [0.2, 0.25) is 0 Å². The predicted molar refractivity (Wildman–Crippen MR) is 78.5 cm³/mol. The van der Waals surface area contributed by atoms with Gasteiger partial charge in [-0.3, -0.25) is 0 Å². The van der Waals surface area contributed by atoms with Crippen LogP contribution in [0.4, 0.5) is 0 Å². The van der Waals surface area contributed by atoms with Crippen LogP contribution < -0.4 is 0 Å². The summed E-state index contributed by atoms with van der Waals surface area (Å²) in [6.07, 6.45) is 1.74. The normalized spacial score (nSPS) is 23.1. The average Bonchev–Trinajstić information content (AvgIpc) is 2.37. The molecule has 0 radical (unpaired) electrons. The van der Waals surface area contributed by atoms with Crippen LogP contribution in [-0.4, -0.2) is 39.0 Å². The predicted octanol–water partition coefficient (Wildman–Crippen LogP) is 2.75. The molecule has 2 N–H and O–H groups in total. The lowest BCUT2D eigenvalue weighted by molar-refractivity contribution is 0.123. The van der Waals surface area contributed by atoms with Crippen LogP contribution in [0.3, 0.4) is 0 Å². The second-order valence-electron chi connectivity index (χ2n) is 4.91. The van der Waals surface area contributed by atoms with E-state index in [9.17, 15) is 5.11 Å². The summed E-state index contributed by atoms with van der Waals surface area (Å²) in [5, 5.41) is 18.9. The minimum atomic E-state index is -0.568. The Morgan fingerprint density at radius 1 is 1.35 bits per heavy atom. The van der Waals surface area contributed by atoms with Crippen LogP contribution in [0.1, 0.15) is 26.7 Å². The van der Waals surface area contributed by atoms with Crippen molar-refractivity contribution in [3.8, 4) is 0 Å². The molecule has 17 heavy (non-hydrogen) atoms. The molecule has 0 aliphatic carbocycles. The summed E-state index contributed by atoms with van der Waals surface area (Å²) in [5.41, 5.74) is 0.536. The molecule has 0 amide bonds. The van der Waals surface area contributed by atoms with Gasteiger partial charge in [-0.15, -0.1) is 23.5 Å². The first kappa shape index (κ1) is 15.4. The Morgan fingerprint density at radius 3 is 2.47 bits per heavy atom. The number of hydrogen-bond acceptors (Lipinski definition) is 4. The first-order valence-electron chi connectivity index (χ1n) is 6.26. The second kappa shape index (κ2) is 7.72. The van der Waals surface area contributed by atoms with Gasteiger partial charge in [-0.05, 0) is 41.8 Å². The van der Waals surface area contributed by atoms with E-state index in [-0.39, 0.29) is 12.5 Å². The van der Waals surface area contributed by atoms with Gasteiger partial charge in [0.1, 0.15) is 0 Å². The Morgan fingerprint density at radius 2 is 1.94 bits per heavy atom. The lowest BCUT2D eigenvalue weighted by atomic mass is 9.90. The number of rotatable bonds is 6. The summed E-state index contributed by atoms with van der Waals surface area (Å²) in [6, 6.07) is 0. The van der Waals surface area contributed by atoms with E-state index in [0.717, 1.165) is 6.42 Å². The number of hydrogen-bond donors (Lipinski definition) is 2. The summed E-state index contributed by atoms with van der Waals surface area (Å²) >= 11 is 4.10. The zero-order chi connectivity index (χ0) is 12.8. The molecule has 0 aromatic rings. The van der Waals surface area contributed by atoms with Crippen LogP contribution >= 0.6 is 23.5 Å². The second-order valence-corrected chi connectivity index (χ2v) is 7.71. The van der Waals surface area contributed by atoms with Gasteiger partial charge in [-0.2, -0.15) is 0 Å². The fraction of sp³-hybridized carbons (Fsp3) is 0.846. The largest absolute Gasteiger partial charge is 0.392 e. The molecule has 1 saturated heterocycles. The SMILES string of the molecule is C=C(CO)[C@@H](O)C(C)C[C@@H](C)C1SCCCS1. The molecule has 0 bridgehead atoms. The molecular formula is C13H24O2S2. The smallest absolute Gasteiger partial charge is 0.0795 e. The van der Waals surface area contributed by atoms with Crippen LogP contribution in [-0.2, 0) is 0 Å². The Balaban J connectivity index is 2.38. The van der Waals surface area contributed by atoms with Gasteiger partial charge in [0.15, 0.2) is 0 Å². The van der Waals surface area contributed by atoms with Crippen LogP contribution in [0.5, 0.6) is 0 Å². The molecule has 1 aliphatic rings. The molecular weight excluding hydrogens is 252 g/mol. The highest BCUT2D eigenvalue weighted by atomic mass is 32.2. The van der Waals surface area contributed by atoms with E-state index in [1.54, 1.807) is 0 Å². The van der Waals surface area contributed by atoms with Crippen molar-refractivity contribution in [1.82, 2.24) is 0 Å². The summed E-state index contributed by atoms with van der Waals surface area (Å²) in [4.78, 5) is 0. The maximum atomic E-state index is 9.96. The molecule has 1 fully saturated rings. The zero-order valence-corrected chi connectivity index (χ0v) is 12.4. The third kappa shape index (κ3) is 4.86. The molecule has 3 atom stereocenters. The molecule has 0 aromatic heterocycles. The lowest BCUT2D eigenvalue weighted by Gasteiger charge is -2.30. The first-order chi connectivity index (χ1) is 8.06. The molecule has 100 valence electrons. The fourth-order valence-electron chi connectivity index (χ4n) is 2.16. The van der Waals surface area contributed by atoms with Crippen LogP contribution in [0.15, 0.2) is 12.2 Å². The van der Waals surface area contributed by atoms with Crippen molar-refractivity contribution in [3.63, 3.8) is 0 Å². The monoisotopic (exact) mass is 276 g/mol. The molecule has 1 heterocycles. The van der Waals surface area contributed by atoms with Gasteiger partial charge >= 0.3 is 0 Å². The van der Waals surface area contributed by atoms with Gasteiger partial charge in [0.05, 0.1) is 17.3 Å². The molecule has 1 rings (SSSR count). The van der Waals surface area contributed by atoms with Crippen molar-refractivity contribution in [3.05, 3.63) is 12.2 Å². The van der Waals surface area contributed by atoms with Crippen molar-refractivity contribution in [2.45, 2.75) is 37.4 Å². The Kier molecular flexibility index (Phi) is 7.00.